The summed E-state index contributed by atoms with van der Waals surface area (Å²) in [5.74, 6) is 1.23. The second-order valence-electron chi connectivity index (χ2n) is 8.71. The van der Waals surface area contributed by atoms with Crippen LogP contribution in [0.15, 0.2) is 18.2 Å². The molecule has 142 valence electrons. The molecule has 1 unspecified atom stereocenters. The van der Waals surface area contributed by atoms with Gasteiger partial charge >= 0.3 is 5.97 Å². The van der Waals surface area contributed by atoms with E-state index >= 15 is 0 Å². The number of hydrogen-bond acceptors (Lipinski definition) is 3. The topological polar surface area (TPSA) is 55.8 Å². The summed E-state index contributed by atoms with van der Waals surface area (Å²) in [5.41, 5.74) is 0.0125. The normalized spacial score (nSPS) is 33.5. The van der Waals surface area contributed by atoms with E-state index in [9.17, 15) is 9.18 Å². The molecule has 4 saturated carbocycles. The van der Waals surface area contributed by atoms with Gasteiger partial charge < -0.3 is 14.6 Å². The fourth-order valence-electron chi connectivity index (χ4n) is 5.43. The zero-order chi connectivity index (χ0) is 18.4. The van der Waals surface area contributed by atoms with Crippen LogP contribution in [0.25, 0.3) is 0 Å². The summed E-state index contributed by atoms with van der Waals surface area (Å²) < 4.78 is 26.4. The van der Waals surface area contributed by atoms with Crippen LogP contribution in [-0.4, -0.2) is 23.5 Å². The van der Waals surface area contributed by atoms with Crippen LogP contribution in [0.1, 0.15) is 56.3 Å². The minimum absolute atomic E-state index is 0.0125. The van der Waals surface area contributed by atoms with Crippen LogP contribution in [0.2, 0.25) is 0 Å². The maximum Gasteiger partial charge on any atom is 0.335 e. The van der Waals surface area contributed by atoms with Gasteiger partial charge in [-0.25, -0.2) is 9.18 Å². The Kier molecular flexibility index (Phi) is 4.68. The number of ether oxygens (including phenoxy) is 2. The second-order valence-corrected chi connectivity index (χ2v) is 8.71. The van der Waals surface area contributed by atoms with Crippen LogP contribution in [0.3, 0.4) is 0 Å². The molecule has 0 radical (unpaired) electrons. The van der Waals surface area contributed by atoms with Gasteiger partial charge in [-0.15, -0.1) is 0 Å². The number of benzene rings is 1. The van der Waals surface area contributed by atoms with Gasteiger partial charge in [-0.3, -0.25) is 0 Å². The molecule has 4 aliphatic carbocycles. The third-order valence-corrected chi connectivity index (χ3v) is 6.40. The predicted octanol–water partition coefficient (Wildman–Crippen LogP) is 4.73. The van der Waals surface area contributed by atoms with Gasteiger partial charge in [0.05, 0.1) is 11.7 Å². The summed E-state index contributed by atoms with van der Waals surface area (Å²) in [6.45, 7) is 3.97. The Labute approximate surface area is 153 Å². The maximum atomic E-state index is 14.1. The van der Waals surface area contributed by atoms with Crippen molar-refractivity contribution in [2.45, 2.75) is 58.3 Å². The van der Waals surface area contributed by atoms with E-state index in [1.165, 1.54) is 44.2 Å². The third kappa shape index (κ3) is 3.34. The van der Waals surface area contributed by atoms with Crippen LogP contribution in [0, 0.1) is 35.4 Å². The standard InChI is InChI=1S/C21H27FO4/c1-11(2)21(25-18-10-14(20(23)24)3-4-17(18)22)26-19-15-6-12-5-13(8-15)9-16(19)7-12/h3-4,10-13,15-16,19,21H,5-9H2,1-2H3,(H,23,24). The van der Waals surface area contributed by atoms with Crippen molar-refractivity contribution < 1.29 is 23.8 Å². The third-order valence-electron chi connectivity index (χ3n) is 6.40. The van der Waals surface area contributed by atoms with Crippen molar-refractivity contribution in [3.05, 3.63) is 29.6 Å². The highest BCUT2D eigenvalue weighted by atomic mass is 19.1. The monoisotopic (exact) mass is 362 g/mol. The Morgan fingerprint density at radius 2 is 1.73 bits per heavy atom. The Morgan fingerprint density at radius 1 is 1.12 bits per heavy atom. The first-order valence-electron chi connectivity index (χ1n) is 9.75. The van der Waals surface area contributed by atoms with E-state index in [1.807, 2.05) is 13.8 Å². The highest BCUT2D eigenvalue weighted by molar-refractivity contribution is 5.88. The molecule has 4 nitrogen and oxygen atoms in total. The zero-order valence-electron chi connectivity index (χ0n) is 15.4. The smallest absolute Gasteiger partial charge is 0.335 e. The zero-order valence-corrected chi connectivity index (χ0v) is 15.4. The first-order chi connectivity index (χ1) is 12.4. The first-order valence-corrected chi connectivity index (χ1v) is 9.75. The van der Waals surface area contributed by atoms with Crippen molar-refractivity contribution in [1.29, 1.82) is 0 Å². The number of carboxylic acid groups (broad SMARTS) is 1. The summed E-state index contributed by atoms with van der Waals surface area (Å²) in [4.78, 5) is 11.2. The van der Waals surface area contributed by atoms with Gasteiger partial charge in [0, 0.05) is 5.92 Å². The lowest BCUT2D eigenvalue weighted by molar-refractivity contribution is -0.211. The lowest BCUT2D eigenvalue weighted by atomic mass is 9.55. The van der Waals surface area contributed by atoms with Gasteiger partial charge in [0.2, 0.25) is 6.29 Å². The number of aromatic carboxylic acids is 1. The molecule has 0 saturated heterocycles. The molecule has 4 aliphatic rings. The molecule has 4 fully saturated rings. The Hall–Kier alpha value is -1.62. The average Bonchev–Trinajstić information content (AvgIpc) is 2.57. The second kappa shape index (κ2) is 6.84. The molecule has 1 aromatic rings. The van der Waals surface area contributed by atoms with E-state index < -0.39 is 18.1 Å². The van der Waals surface area contributed by atoms with Crippen molar-refractivity contribution in [3.8, 4) is 5.75 Å². The molecule has 5 heteroatoms. The van der Waals surface area contributed by atoms with E-state index in [1.54, 1.807) is 0 Å². The molecule has 0 aromatic heterocycles. The van der Waals surface area contributed by atoms with E-state index in [0.29, 0.717) is 11.8 Å². The fourth-order valence-corrected chi connectivity index (χ4v) is 5.43. The van der Waals surface area contributed by atoms with Crippen LogP contribution in [-0.2, 0) is 4.74 Å². The molecule has 0 heterocycles. The number of rotatable bonds is 6. The van der Waals surface area contributed by atoms with Gasteiger partial charge in [0.1, 0.15) is 0 Å². The molecule has 0 spiro atoms. The number of hydrogen-bond donors (Lipinski definition) is 1. The van der Waals surface area contributed by atoms with E-state index in [4.69, 9.17) is 14.6 Å². The Balaban J connectivity index is 1.50. The van der Waals surface area contributed by atoms with Gasteiger partial charge in [0.15, 0.2) is 11.6 Å². The van der Waals surface area contributed by atoms with Crippen LogP contribution in [0.5, 0.6) is 5.75 Å². The minimum Gasteiger partial charge on any atom is -0.478 e. The molecule has 1 N–H and O–H groups in total. The molecule has 1 atom stereocenters. The highest BCUT2D eigenvalue weighted by Gasteiger charge is 2.49. The van der Waals surface area contributed by atoms with Crippen LogP contribution in [0.4, 0.5) is 4.39 Å². The van der Waals surface area contributed by atoms with Crippen molar-refractivity contribution in [2.75, 3.05) is 0 Å². The first kappa shape index (κ1) is 17.8. The lowest BCUT2D eigenvalue weighted by Crippen LogP contribution is -2.51. The molecule has 5 rings (SSSR count). The molecule has 0 amide bonds. The van der Waals surface area contributed by atoms with Crippen molar-refractivity contribution in [2.24, 2.45) is 29.6 Å². The molecule has 4 bridgehead atoms. The summed E-state index contributed by atoms with van der Waals surface area (Å²) in [6.07, 6.45) is 5.96. The lowest BCUT2D eigenvalue weighted by Gasteiger charge is -2.54. The average molecular weight is 362 g/mol. The number of halogens is 1. The van der Waals surface area contributed by atoms with E-state index in [2.05, 4.69) is 0 Å². The summed E-state index contributed by atoms with van der Waals surface area (Å²) in [6, 6.07) is 3.62. The molecular formula is C21H27FO4. The highest BCUT2D eigenvalue weighted by Crippen LogP contribution is 2.55. The molecule has 26 heavy (non-hydrogen) atoms. The number of carboxylic acids is 1. The fraction of sp³-hybridized carbons (Fsp3) is 0.667. The van der Waals surface area contributed by atoms with Crippen molar-refractivity contribution in [3.63, 3.8) is 0 Å². The largest absolute Gasteiger partial charge is 0.478 e. The SMILES string of the molecule is CC(C)C(Oc1cc(C(=O)O)ccc1F)OC1C2CC3CC(C2)CC1C3. The van der Waals surface area contributed by atoms with Gasteiger partial charge in [-0.05, 0) is 74.0 Å². The van der Waals surface area contributed by atoms with Gasteiger partial charge in [-0.2, -0.15) is 0 Å². The number of carbonyl (C=O) groups is 1. The summed E-state index contributed by atoms with van der Waals surface area (Å²) in [7, 11) is 0. The van der Waals surface area contributed by atoms with E-state index in [0.717, 1.165) is 17.9 Å². The maximum absolute atomic E-state index is 14.1. The molecule has 1 aromatic carbocycles. The van der Waals surface area contributed by atoms with Gasteiger partial charge in [0.25, 0.3) is 0 Å². The Morgan fingerprint density at radius 3 is 2.27 bits per heavy atom. The van der Waals surface area contributed by atoms with Gasteiger partial charge in [-0.1, -0.05) is 13.8 Å². The summed E-state index contributed by atoms with van der Waals surface area (Å²) in [5, 5.41) is 9.13. The van der Waals surface area contributed by atoms with Crippen LogP contribution >= 0.6 is 0 Å². The van der Waals surface area contributed by atoms with Crippen LogP contribution < -0.4 is 4.74 Å². The molecule has 0 aliphatic heterocycles. The summed E-state index contributed by atoms with van der Waals surface area (Å²) >= 11 is 0. The van der Waals surface area contributed by atoms with Crippen molar-refractivity contribution in [1.82, 2.24) is 0 Å². The minimum atomic E-state index is -1.10. The predicted molar refractivity (Wildman–Crippen MR) is 94.5 cm³/mol. The Bertz CT molecular complexity index is 659. The van der Waals surface area contributed by atoms with Crippen molar-refractivity contribution >= 4 is 5.97 Å². The van der Waals surface area contributed by atoms with E-state index in [-0.39, 0.29) is 23.3 Å². The quantitative estimate of drug-likeness (QED) is 0.744. The molecular weight excluding hydrogens is 335 g/mol.